The van der Waals surface area contributed by atoms with E-state index in [1.165, 1.54) is 23.1 Å². The number of benzene rings is 2. The third-order valence-corrected chi connectivity index (χ3v) is 3.72. The van der Waals surface area contributed by atoms with Crippen LogP contribution in [0.15, 0.2) is 54.6 Å². The molecule has 2 heteroatoms. The van der Waals surface area contributed by atoms with Gasteiger partial charge in [0.25, 0.3) is 0 Å². The monoisotopic (exact) mass is 252 g/mol. The molecule has 1 atom stereocenters. The average Bonchev–Trinajstić information content (AvgIpc) is 3.00. The van der Waals surface area contributed by atoms with Crippen LogP contribution in [0.2, 0.25) is 0 Å². The van der Waals surface area contributed by atoms with E-state index in [9.17, 15) is 0 Å². The molecular formula is C17H20N2. The molecular weight excluding hydrogens is 232 g/mol. The van der Waals surface area contributed by atoms with Crippen molar-refractivity contribution in [2.75, 3.05) is 13.1 Å². The number of rotatable bonds is 4. The summed E-state index contributed by atoms with van der Waals surface area (Å²) in [5, 5.41) is 6.97. The van der Waals surface area contributed by atoms with E-state index in [1.807, 2.05) is 0 Å². The van der Waals surface area contributed by atoms with E-state index in [0.29, 0.717) is 6.04 Å². The van der Waals surface area contributed by atoms with Crippen LogP contribution in [0.5, 0.6) is 0 Å². The Bertz CT molecular complexity index is 499. The first-order chi connectivity index (χ1) is 9.42. The lowest BCUT2D eigenvalue weighted by atomic mass is 10.0. The highest BCUT2D eigenvalue weighted by Crippen LogP contribution is 2.19. The van der Waals surface area contributed by atoms with Crippen LogP contribution in [0.4, 0.5) is 0 Å². The predicted octanol–water partition coefficient (Wildman–Crippen LogP) is 2.81. The summed E-state index contributed by atoms with van der Waals surface area (Å²) in [6.45, 7) is 3.20. The molecule has 19 heavy (non-hydrogen) atoms. The summed E-state index contributed by atoms with van der Waals surface area (Å²) in [4.78, 5) is 0. The zero-order chi connectivity index (χ0) is 12.9. The lowest BCUT2D eigenvalue weighted by Gasteiger charge is -2.11. The van der Waals surface area contributed by atoms with Gasteiger partial charge < -0.3 is 10.6 Å². The smallest absolute Gasteiger partial charge is 0.0208 e. The number of nitrogens with one attached hydrogen (secondary N) is 2. The SMILES string of the molecule is c1ccc(-c2ccc(CN[C@@H]3CCNC3)cc2)cc1. The van der Waals surface area contributed by atoms with Gasteiger partial charge in [0.05, 0.1) is 0 Å². The van der Waals surface area contributed by atoms with Gasteiger partial charge in [0.15, 0.2) is 0 Å². The minimum atomic E-state index is 0.633. The lowest BCUT2D eigenvalue weighted by Crippen LogP contribution is -2.30. The van der Waals surface area contributed by atoms with Crippen molar-refractivity contribution in [3.05, 3.63) is 60.2 Å². The van der Waals surface area contributed by atoms with Gasteiger partial charge in [0, 0.05) is 19.1 Å². The molecule has 0 bridgehead atoms. The molecule has 1 aliphatic rings. The third kappa shape index (κ3) is 3.22. The Morgan fingerprint density at radius 2 is 1.68 bits per heavy atom. The van der Waals surface area contributed by atoms with Crippen molar-refractivity contribution in [2.24, 2.45) is 0 Å². The van der Waals surface area contributed by atoms with Crippen molar-refractivity contribution < 1.29 is 0 Å². The first-order valence-electron chi connectivity index (χ1n) is 7.00. The molecule has 0 radical (unpaired) electrons. The summed E-state index contributed by atoms with van der Waals surface area (Å²) in [7, 11) is 0. The molecule has 0 aromatic heterocycles. The van der Waals surface area contributed by atoms with Crippen LogP contribution in [0, 0.1) is 0 Å². The van der Waals surface area contributed by atoms with Crippen molar-refractivity contribution in [3.8, 4) is 11.1 Å². The van der Waals surface area contributed by atoms with Crippen LogP contribution in [0.1, 0.15) is 12.0 Å². The summed E-state index contributed by atoms with van der Waals surface area (Å²) >= 11 is 0. The van der Waals surface area contributed by atoms with E-state index in [1.54, 1.807) is 0 Å². The summed E-state index contributed by atoms with van der Waals surface area (Å²) in [5.41, 5.74) is 3.92. The van der Waals surface area contributed by atoms with Gasteiger partial charge in [-0.2, -0.15) is 0 Å². The molecule has 1 saturated heterocycles. The molecule has 0 aliphatic carbocycles. The standard InChI is InChI=1S/C17H20N2/c1-2-4-15(5-3-1)16-8-6-14(7-9-16)12-19-17-10-11-18-13-17/h1-9,17-19H,10-13H2/t17-/m1/s1. The van der Waals surface area contributed by atoms with Crippen LogP contribution >= 0.6 is 0 Å². The average molecular weight is 252 g/mol. The topological polar surface area (TPSA) is 24.1 Å². The quantitative estimate of drug-likeness (QED) is 0.874. The Labute approximate surface area is 114 Å². The molecule has 0 spiro atoms. The fourth-order valence-corrected chi connectivity index (χ4v) is 2.54. The maximum atomic E-state index is 3.59. The molecule has 2 N–H and O–H groups in total. The Morgan fingerprint density at radius 3 is 2.37 bits per heavy atom. The Hall–Kier alpha value is -1.64. The lowest BCUT2D eigenvalue weighted by molar-refractivity contribution is 0.547. The van der Waals surface area contributed by atoms with Crippen LogP contribution < -0.4 is 10.6 Å². The Balaban J connectivity index is 1.62. The van der Waals surface area contributed by atoms with Gasteiger partial charge in [-0.05, 0) is 29.7 Å². The molecule has 2 aromatic rings. The Kier molecular flexibility index (Phi) is 3.92. The van der Waals surface area contributed by atoms with Crippen LogP contribution in [0.3, 0.4) is 0 Å². The third-order valence-electron chi connectivity index (χ3n) is 3.72. The van der Waals surface area contributed by atoms with Crippen molar-refractivity contribution in [2.45, 2.75) is 19.0 Å². The number of hydrogen-bond donors (Lipinski definition) is 2. The van der Waals surface area contributed by atoms with Gasteiger partial charge in [0.1, 0.15) is 0 Å². The van der Waals surface area contributed by atoms with Gasteiger partial charge >= 0.3 is 0 Å². The largest absolute Gasteiger partial charge is 0.315 e. The van der Waals surface area contributed by atoms with E-state index in [0.717, 1.165) is 19.6 Å². The summed E-state index contributed by atoms with van der Waals surface area (Å²) < 4.78 is 0. The molecule has 2 aromatic carbocycles. The van der Waals surface area contributed by atoms with E-state index in [-0.39, 0.29) is 0 Å². The molecule has 98 valence electrons. The fourth-order valence-electron chi connectivity index (χ4n) is 2.54. The second-order valence-electron chi connectivity index (χ2n) is 5.13. The number of hydrogen-bond acceptors (Lipinski definition) is 2. The van der Waals surface area contributed by atoms with E-state index in [2.05, 4.69) is 65.2 Å². The highest BCUT2D eigenvalue weighted by atomic mass is 15.0. The minimum absolute atomic E-state index is 0.633. The molecule has 2 nitrogen and oxygen atoms in total. The van der Waals surface area contributed by atoms with Crippen LogP contribution in [-0.4, -0.2) is 19.1 Å². The zero-order valence-corrected chi connectivity index (χ0v) is 11.1. The molecule has 0 amide bonds. The van der Waals surface area contributed by atoms with E-state index >= 15 is 0 Å². The summed E-state index contributed by atoms with van der Waals surface area (Å²) in [6.07, 6.45) is 1.24. The maximum Gasteiger partial charge on any atom is 0.0208 e. The first-order valence-corrected chi connectivity index (χ1v) is 7.00. The minimum Gasteiger partial charge on any atom is -0.315 e. The van der Waals surface area contributed by atoms with Crippen molar-refractivity contribution in [3.63, 3.8) is 0 Å². The summed E-state index contributed by atoms with van der Waals surface area (Å²) in [6, 6.07) is 20.0. The molecule has 3 rings (SSSR count). The van der Waals surface area contributed by atoms with Gasteiger partial charge in [-0.25, -0.2) is 0 Å². The molecule has 0 unspecified atom stereocenters. The second-order valence-corrected chi connectivity index (χ2v) is 5.13. The normalized spacial score (nSPS) is 18.6. The summed E-state index contributed by atoms with van der Waals surface area (Å²) in [5.74, 6) is 0. The van der Waals surface area contributed by atoms with Gasteiger partial charge in [-0.15, -0.1) is 0 Å². The fraction of sp³-hybridized carbons (Fsp3) is 0.294. The molecule has 1 aliphatic heterocycles. The van der Waals surface area contributed by atoms with Gasteiger partial charge in [0.2, 0.25) is 0 Å². The van der Waals surface area contributed by atoms with E-state index < -0.39 is 0 Å². The first kappa shape index (κ1) is 12.4. The highest BCUT2D eigenvalue weighted by Gasteiger charge is 2.12. The molecule has 1 heterocycles. The van der Waals surface area contributed by atoms with Crippen molar-refractivity contribution >= 4 is 0 Å². The highest BCUT2D eigenvalue weighted by molar-refractivity contribution is 5.63. The maximum absolute atomic E-state index is 3.59. The molecule has 1 fully saturated rings. The van der Waals surface area contributed by atoms with Crippen LogP contribution in [-0.2, 0) is 6.54 Å². The predicted molar refractivity (Wildman–Crippen MR) is 80.0 cm³/mol. The molecule has 0 saturated carbocycles. The Morgan fingerprint density at radius 1 is 0.947 bits per heavy atom. The van der Waals surface area contributed by atoms with Gasteiger partial charge in [-0.1, -0.05) is 54.6 Å². The van der Waals surface area contributed by atoms with Crippen molar-refractivity contribution in [1.29, 1.82) is 0 Å². The van der Waals surface area contributed by atoms with E-state index in [4.69, 9.17) is 0 Å². The van der Waals surface area contributed by atoms with Gasteiger partial charge in [-0.3, -0.25) is 0 Å². The van der Waals surface area contributed by atoms with Crippen LogP contribution in [0.25, 0.3) is 11.1 Å². The van der Waals surface area contributed by atoms with Crippen molar-refractivity contribution in [1.82, 2.24) is 10.6 Å². The zero-order valence-electron chi connectivity index (χ0n) is 11.1. The second kappa shape index (κ2) is 6.00.